The van der Waals surface area contributed by atoms with Crippen molar-refractivity contribution in [2.75, 3.05) is 0 Å². The third-order valence-electron chi connectivity index (χ3n) is 4.04. The van der Waals surface area contributed by atoms with E-state index in [1.54, 1.807) is 68.4 Å². The van der Waals surface area contributed by atoms with Gasteiger partial charge in [-0.25, -0.2) is 4.79 Å². The molecule has 6 heteroatoms. The van der Waals surface area contributed by atoms with Crippen molar-refractivity contribution in [3.05, 3.63) is 83.4 Å². The second-order valence-electron chi connectivity index (χ2n) is 5.89. The molecule has 1 saturated heterocycles. The molecular formula is C20H18N2O4. The average Bonchev–Trinajstić information content (AvgIpc) is 2.97. The topological polar surface area (TPSA) is 75.7 Å². The maximum absolute atomic E-state index is 12.8. The molecule has 0 radical (unpaired) electrons. The molecular weight excluding hydrogens is 332 g/mol. The first-order valence-corrected chi connectivity index (χ1v) is 8.16. The number of hydrogen-bond acceptors (Lipinski definition) is 4. The fraction of sp³-hybridized carbons (Fsp3) is 0.150. The number of nitrogens with zero attached hydrogens (tertiary/aromatic N) is 1. The van der Waals surface area contributed by atoms with Crippen LogP contribution in [0.5, 0.6) is 0 Å². The molecule has 0 spiro atoms. The number of nitrogens with one attached hydrogen (secondary N) is 1. The molecule has 0 aromatic heterocycles. The van der Waals surface area contributed by atoms with Gasteiger partial charge in [0.1, 0.15) is 6.04 Å². The number of benzene rings is 2. The summed E-state index contributed by atoms with van der Waals surface area (Å²) in [5, 5.41) is 2.69. The number of esters is 1. The van der Waals surface area contributed by atoms with Crippen LogP contribution in [0.1, 0.15) is 34.6 Å². The van der Waals surface area contributed by atoms with Gasteiger partial charge in [0.2, 0.25) is 5.88 Å². The Bertz CT molecular complexity index is 875. The maximum atomic E-state index is 12.8. The predicted molar refractivity (Wildman–Crippen MR) is 94.8 cm³/mol. The number of carbonyl (C=O) groups is 3. The van der Waals surface area contributed by atoms with E-state index in [1.807, 2.05) is 6.07 Å². The van der Waals surface area contributed by atoms with Gasteiger partial charge in [-0.15, -0.1) is 0 Å². The highest BCUT2D eigenvalue weighted by molar-refractivity contribution is 6.00. The molecule has 0 bridgehead atoms. The summed E-state index contributed by atoms with van der Waals surface area (Å²) in [5.41, 5.74) is 1.18. The van der Waals surface area contributed by atoms with E-state index >= 15 is 0 Å². The van der Waals surface area contributed by atoms with E-state index in [1.165, 1.54) is 4.90 Å². The van der Waals surface area contributed by atoms with Crippen LogP contribution in [0.25, 0.3) is 0 Å². The SMILES string of the molecule is C/C(NC(=O)c1ccccc1)=C1/OC(=O)[C@@H](C)N1C(=O)c1ccccc1. The van der Waals surface area contributed by atoms with E-state index < -0.39 is 12.0 Å². The molecule has 2 aromatic rings. The number of hydrogen-bond donors (Lipinski definition) is 1. The molecule has 3 rings (SSSR count). The van der Waals surface area contributed by atoms with E-state index in [4.69, 9.17) is 4.74 Å². The summed E-state index contributed by atoms with van der Waals surface area (Å²) < 4.78 is 5.26. The lowest BCUT2D eigenvalue weighted by Gasteiger charge is -2.20. The van der Waals surface area contributed by atoms with E-state index in [0.717, 1.165) is 0 Å². The Morgan fingerprint density at radius 1 is 0.962 bits per heavy atom. The number of amides is 2. The fourth-order valence-electron chi connectivity index (χ4n) is 2.64. The van der Waals surface area contributed by atoms with Crippen LogP contribution in [0.15, 0.2) is 72.2 Å². The Hall–Kier alpha value is -3.41. The molecule has 1 fully saturated rings. The molecule has 0 aliphatic carbocycles. The van der Waals surface area contributed by atoms with Crippen LogP contribution in [-0.2, 0) is 9.53 Å². The van der Waals surface area contributed by atoms with Crippen molar-refractivity contribution in [3.8, 4) is 0 Å². The van der Waals surface area contributed by atoms with Crippen molar-refractivity contribution >= 4 is 17.8 Å². The van der Waals surface area contributed by atoms with Crippen molar-refractivity contribution in [1.82, 2.24) is 10.2 Å². The largest absolute Gasteiger partial charge is 0.406 e. The monoisotopic (exact) mass is 350 g/mol. The highest BCUT2D eigenvalue weighted by atomic mass is 16.6. The Morgan fingerprint density at radius 2 is 1.50 bits per heavy atom. The summed E-state index contributed by atoms with van der Waals surface area (Å²) >= 11 is 0. The Morgan fingerprint density at radius 3 is 2.08 bits per heavy atom. The van der Waals surface area contributed by atoms with Crippen LogP contribution < -0.4 is 5.32 Å². The number of carbonyl (C=O) groups excluding carboxylic acids is 3. The average molecular weight is 350 g/mol. The van der Waals surface area contributed by atoms with Crippen molar-refractivity contribution in [3.63, 3.8) is 0 Å². The predicted octanol–water partition coefficient (Wildman–Crippen LogP) is 2.69. The minimum absolute atomic E-state index is 0.0423. The Kier molecular flexibility index (Phi) is 4.84. The fourth-order valence-corrected chi connectivity index (χ4v) is 2.64. The van der Waals surface area contributed by atoms with Gasteiger partial charge in [-0.3, -0.25) is 14.5 Å². The minimum Gasteiger partial charge on any atom is -0.406 e. The summed E-state index contributed by atoms with van der Waals surface area (Å²) in [6.45, 7) is 3.18. The second-order valence-corrected chi connectivity index (χ2v) is 5.89. The molecule has 1 atom stereocenters. The first-order valence-electron chi connectivity index (χ1n) is 8.16. The third-order valence-corrected chi connectivity index (χ3v) is 4.04. The van der Waals surface area contributed by atoms with Gasteiger partial charge < -0.3 is 10.1 Å². The quantitative estimate of drug-likeness (QED) is 0.864. The highest BCUT2D eigenvalue weighted by Crippen LogP contribution is 2.26. The normalized spacial score (nSPS) is 18.3. The van der Waals surface area contributed by atoms with Crippen LogP contribution >= 0.6 is 0 Å². The van der Waals surface area contributed by atoms with Crippen molar-refractivity contribution < 1.29 is 19.1 Å². The maximum Gasteiger partial charge on any atom is 0.335 e. The first-order chi connectivity index (χ1) is 12.5. The lowest BCUT2D eigenvalue weighted by atomic mass is 10.1. The van der Waals surface area contributed by atoms with E-state index in [2.05, 4.69) is 5.32 Å². The minimum atomic E-state index is -0.777. The molecule has 6 nitrogen and oxygen atoms in total. The summed E-state index contributed by atoms with van der Waals surface area (Å²) in [6.07, 6.45) is 0. The van der Waals surface area contributed by atoms with Gasteiger partial charge in [0.25, 0.3) is 11.8 Å². The number of cyclic esters (lactones) is 1. The van der Waals surface area contributed by atoms with Gasteiger partial charge in [-0.1, -0.05) is 36.4 Å². The molecule has 2 amide bonds. The van der Waals surface area contributed by atoms with Gasteiger partial charge in [0, 0.05) is 11.1 Å². The molecule has 2 aromatic carbocycles. The van der Waals surface area contributed by atoms with Gasteiger partial charge in [-0.05, 0) is 38.1 Å². The molecule has 132 valence electrons. The van der Waals surface area contributed by atoms with Crippen LogP contribution in [0.4, 0.5) is 0 Å². The molecule has 26 heavy (non-hydrogen) atoms. The standard InChI is InChI=1S/C20H18N2O4/c1-13(21-17(23)15-9-5-3-6-10-15)19-22(14(2)20(25)26-19)18(24)16-11-7-4-8-12-16/h3-12,14H,1-2H3,(H,21,23)/b19-13-/t14-/m1/s1. The molecule has 0 saturated carbocycles. The molecule has 0 unspecified atom stereocenters. The van der Waals surface area contributed by atoms with Crippen LogP contribution in [0.2, 0.25) is 0 Å². The van der Waals surface area contributed by atoms with E-state index in [-0.39, 0.29) is 17.7 Å². The Balaban J connectivity index is 1.90. The second kappa shape index (κ2) is 7.23. The summed E-state index contributed by atoms with van der Waals surface area (Å²) in [7, 11) is 0. The Labute approximate surface area is 151 Å². The summed E-state index contributed by atoms with van der Waals surface area (Å²) in [6, 6.07) is 16.5. The van der Waals surface area contributed by atoms with Crippen LogP contribution in [0, 0.1) is 0 Å². The number of allylic oxidation sites excluding steroid dienone is 1. The third kappa shape index (κ3) is 3.35. The molecule has 1 aliphatic rings. The van der Waals surface area contributed by atoms with E-state index in [9.17, 15) is 14.4 Å². The van der Waals surface area contributed by atoms with Gasteiger partial charge in [0.05, 0.1) is 5.70 Å². The lowest BCUT2D eigenvalue weighted by molar-refractivity contribution is -0.136. The smallest absolute Gasteiger partial charge is 0.335 e. The van der Waals surface area contributed by atoms with Crippen LogP contribution in [0.3, 0.4) is 0 Å². The van der Waals surface area contributed by atoms with Gasteiger partial charge >= 0.3 is 5.97 Å². The molecule has 1 N–H and O–H groups in total. The summed E-state index contributed by atoms with van der Waals surface area (Å²) in [5.74, 6) is -1.22. The number of ether oxygens (including phenoxy) is 1. The van der Waals surface area contributed by atoms with Gasteiger partial charge in [-0.2, -0.15) is 0 Å². The molecule has 1 heterocycles. The zero-order chi connectivity index (χ0) is 18.7. The highest BCUT2D eigenvalue weighted by Gasteiger charge is 2.40. The zero-order valence-corrected chi connectivity index (χ0v) is 14.4. The first kappa shape index (κ1) is 17.4. The van der Waals surface area contributed by atoms with Crippen molar-refractivity contribution in [2.24, 2.45) is 0 Å². The van der Waals surface area contributed by atoms with Crippen molar-refractivity contribution in [2.45, 2.75) is 19.9 Å². The summed E-state index contributed by atoms with van der Waals surface area (Å²) in [4.78, 5) is 38.4. The zero-order valence-electron chi connectivity index (χ0n) is 14.4. The van der Waals surface area contributed by atoms with Crippen molar-refractivity contribution in [1.29, 1.82) is 0 Å². The number of rotatable bonds is 3. The lowest BCUT2D eigenvalue weighted by Crippen LogP contribution is -2.36. The molecule has 1 aliphatic heterocycles. The van der Waals surface area contributed by atoms with E-state index in [0.29, 0.717) is 16.8 Å². The van der Waals surface area contributed by atoms with Gasteiger partial charge in [0.15, 0.2) is 0 Å². The van der Waals surface area contributed by atoms with Crippen LogP contribution in [-0.4, -0.2) is 28.7 Å².